The van der Waals surface area contributed by atoms with Crippen LogP contribution in [-0.2, 0) is 4.79 Å². The van der Waals surface area contributed by atoms with Crippen LogP contribution in [0.15, 0.2) is 30.3 Å². The average Bonchev–Trinajstić information content (AvgIpc) is 3.17. The van der Waals surface area contributed by atoms with E-state index in [1.165, 1.54) is 4.68 Å². The van der Waals surface area contributed by atoms with E-state index in [2.05, 4.69) is 10.4 Å². The maximum absolute atomic E-state index is 13.6. The highest BCUT2D eigenvalue weighted by molar-refractivity contribution is 5.77. The Labute approximate surface area is 180 Å². The number of carbonyl (C=O) groups is 1. The summed E-state index contributed by atoms with van der Waals surface area (Å²) in [5, 5.41) is 7.63. The molecular formula is C22H28F2N4O3. The van der Waals surface area contributed by atoms with Crippen molar-refractivity contribution in [2.75, 3.05) is 32.1 Å². The Morgan fingerprint density at radius 3 is 2.55 bits per heavy atom. The number of amides is 1. The molecule has 9 heteroatoms. The Hall–Kier alpha value is -2.84. The molecule has 1 saturated heterocycles. The lowest BCUT2D eigenvalue weighted by Gasteiger charge is -2.40. The highest BCUT2D eigenvalue weighted by Crippen LogP contribution is 2.36. The molecule has 1 amide bonds. The first-order valence-electron chi connectivity index (χ1n) is 10.6. The third-order valence-electron chi connectivity index (χ3n) is 6.17. The maximum Gasteiger partial charge on any atom is 0.260 e. The van der Waals surface area contributed by atoms with Crippen molar-refractivity contribution in [1.82, 2.24) is 14.7 Å². The van der Waals surface area contributed by atoms with Gasteiger partial charge in [0, 0.05) is 25.2 Å². The first-order chi connectivity index (χ1) is 14.9. The summed E-state index contributed by atoms with van der Waals surface area (Å²) in [7, 11) is 1.59. The fourth-order valence-electron chi connectivity index (χ4n) is 4.47. The molecule has 31 heavy (non-hydrogen) atoms. The zero-order valence-corrected chi connectivity index (χ0v) is 17.8. The number of hydrogen-bond acceptors (Lipinski definition) is 5. The monoisotopic (exact) mass is 434 g/mol. The van der Waals surface area contributed by atoms with Gasteiger partial charge in [0.1, 0.15) is 23.4 Å². The second-order valence-corrected chi connectivity index (χ2v) is 8.19. The second-order valence-electron chi connectivity index (χ2n) is 8.19. The predicted molar refractivity (Wildman–Crippen MR) is 112 cm³/mol. The van der Waals surface area contributed by atoms with Crippen molar-refractivity contribution in [3.63, 3.8) is 0 Å². The molecule has 3 heterocycles. The van der Waals surface area contributed by atoms with Gasteiger partial charge in [-0.25, -0.2) is 13.5 Å². The number of alkyl halides is 2. The van der Waals surface area contributed by atoms with Crippen molar-refractivity contribution in [1.29, 1.82) is 0 Å². The van der Waals surface area contributed by atoms with Gasteiger partial charge in [-0.15, -0.1) is 0 Å². The molecule has 0 unspecified atom stereocenters. The van der Waals surface area contributed by atoms with E-state index in [0.717, 1.165) is 24.3 Å². The highest BCUT2D eigenvalue weighted by Gasteiger charge is 2.38. The average molecular weight is 434 g/mol. The first-order valence-corrected chi connectivity index (χ1v) is 10.6. The fourth-order valence-corrected chi connectivity index (χ4v) is 4.47. The molecule has 0 radical (unpaired) electrons. The van der Waals surface area contributed by atoms with Gasteiger partial charge in [0.2, 0.25) is 0 Å². The van der Waals surface area contributed by atoms with Crippen LogP contribution < -0.4 is 14.8 Å². The van der Waals surface area contributed by atoms with Crippen LogP contribution in [0.4, 0.5) is 14.6 Å². The smallest absolute Gasteiger partial charge is 0.260 e. The van der Waals surface area contributed by atoms with Gasteiger partial charge in [-0.1, -0.05) is 0 Å². The molecule has 2 aliphatic rings. The summed E-state index contributed by atoms with van der Waals surface area (Å²) in [6.07, 6.45) is -0.575. The number of ether oxygens (including phenoxy) is 2. The molecule has 168 valence electrons. The van der Waals surface area contributed by atoms with Crippen LogP contribution in [0.5, 0.6) is 11.5 Å². The van der Waals surface area contributed by atoms with Gasteiger partial charge < -0.3 is 19.7 Å². The largest absolute Gasteiger partial charge is 0.497 e. The molecule has 0 bridgehead atoms. The molecule has 2 aliphatic heterocycles. The number of methoxy groups -OCH3 is 1. The van der Waals surface area contributed by atoms with Crippen LogP contribution in [0.25, 0.3) is 0 Å². The zero-order valence-electron chi connectivity index (χ0n) is 17.8. The number of aromatic nitrogens is 2. The molecule has 2 atom stereocenters. The van der Waals surface area contributed by atoms with Crippen molar-refractivity contribution in [3.05, 3.63) is 36.0 Å². The Morgan fingerprint density at radius 2 is 1.90 bits per heavy atom. The van der Waals surface area contributed by atoms with Crippen LogP contribution in [0.3, 0.4) is 0 Å². The minimum absolute atomic E-state index is 0.0232. The number of fused-ring (bicyclic) bond motifs is 1. The van der Waals surface area contributed by atoms with Gasteiger partial charge in [0.25, 0.3) is 12.3 Å². The van der Waals surface area contributed by atoms with Gasteiger partial charge in [-0.05, 0) is 56.4 Å². The molecule has 1 N–H and O–H groups in total. The topological polar surface area (TPSA) is 68.6 Å². The Balaban J connectivity index is 1.29. The summed E-state index contributed by atoms with van der Waals surface area (Å²) in [5.74, 6) is 2.16. The number of aryl methyl sites for hydroxylation is 1. The molecule has 0 aliphatic carbocycles. The number of nitrogens with one attached hydrogen (secondary N) is 1. The third kappa shape index (κ3) is 4.75. The van der Waals surface area contributed by atoms with E-state index in [-0.39, 0.29) is 24.5 Å². The molecule has 1 fully saturated rings. The molecule has 7 nitrogen and oxygen atoms in total. The number of halogens is 2. The third-order valence-corrected chi connectivity index (χ3v) is 6.17. The van der Waals surface area contributed by atoms with Crippen molar-refractivity contribution >= 4 is 11.7 Å². The fraction of sp³-hybridized carbons (Fsp3) is 0.545. The van der Waals surface area contributed by atoms with Crippen LogP contribution in [0, 0.1) is 12.8 Å². The Kier molecular flexibility index (Phi) is 6.29. The number of nitrogens with zero attached hydrogens (tertiary/aromatic N) is 3. The summed E-state index contributed by atoms with van der Waals surface area (Å²) in [5.41, 5.74) is 0.728. The van der Waals surface area contributed by atoms with Gasteiger partial charge >= 0.3 is 0 Å². The van der Waals surface area contributed by atoms with Gasteiger partial charge in [-0.2, -0.15) is 5.10 Å². The second kappa shape index (κ2) is 9.11. The minimum atomic E-state index is -2.46. The van der Waals surface area contributed by atoms with E-state index in [1.807, 2.05) is 13.0 Å². The van der Waals surface area contributed by atoms with Gasteiger partial charge in [-0.3, -0.25) is 4.79 Å². The molecule has 0 spiro atoms. The number of piperidine rings is 1. The predicted octanol–water partition coefficient (Wildman–Crippen LogP) is 3.51. The zero-order chi connectivity index (χ0) is 22.0. The molecule has 4 rings (SSSR count). The standard InChI is InChI=1S/C22H28F2N4O3/c1-14-11-20-25-18(12-19(22(23)24)28(20)26-14)15-7-9-27(10-8-15)21(29)13-31-17-5-3-16(30-2)4-6-17/h3-6,11,15,18-19,22,25H,7-10,12-13H2,1-2H3/t18-,19+/m0/s1. The van der Waals surface area contributed by atoms with E-state index in [1.54, 1.807) is 36.3 Å². The van der Waals surface area contributed by atoms with Gasteiger partial charge in [0.05, 0.1) is 12.8 Å². The summed E-state index contributed by atoms with van der Waals surface area (Å²) in [6, 6.07) is 7.95. The number of anilines is 1. The van der Waals surface area contributed by atoms with Crippen LogP contribution in [0.1, 0.15) is 31.0 Å². The van der Waals surface area contributed by atoms with E-state index < -0.39 is 12.5 Å². The molecule has 2 aromatic rings. The molecule has 1 aromatic carbocycles. The number of rotatable bonds is 6. The molecule has 1 aromatic heterocycles. The SMILES string of the molecule is COc1ccc(OCC(=O)N2CCC([C@@H]3C[C@H](C(F)F)n4nc(C)cc4N3)CC2)cc1. The highest BCUT2D eigenvalue weighted by atomic mass is 19.3. The molecule has 0 saturated carbocycles. The lowest BCUT2D eigenvalue weighted by atomic mass is 9.85. The van der Waals surface area contributed by atoms with Gasteiger partial charge in [0.15, 0.2) is 6.61 Å². The Morgan fingerprint density at radius 1 is 1.23 bits per heavy atom. The summed E-state index contributed by atoms with van der Waals surface area (Å²) < 4.78 is 39.4. The molecular weight excluding hydrogens is 406 g/mol. The summed E-state index contributed by atoms with van der Waals surface area (Å²) in [4.78, 5) is 14.3. The van der Waals surface area contributed by atoms with Crippen molar-refractivity contribution in [2.45, 2.75) is 44.7 Å². The number of hydrogen-bond donors (Lipinski definition) is 1. The first kappa shape index (κ1) is 21.4. The minimum Gasteiger partial charge on any atom is -0.497 e. The Bertz CT molecular complexity index is 895. The van der Waals surface area contributed by atoms with Crippen molar-refractivity contribution in [2.24, 2.45) is 5.92 Å². The number of likely N-dealkylation sites (tertiary alicyclic amines) is 1. The van der Waals surface area contributed by atoms with E-state index in [4.69, 9.17) is 9.47 Å². The maximum atomic E-state index is 13.6. The lowest BCUT2D eigenvalue weighted by Crippen LogP contribution is -2.47. The van der Waals surface area contributed by atoms with Crippen molar-refractivity contribution in [3.8, 4) is 11.5 Å². The van der Waals surface area contributed by atoms with Crippen LogP contribution in [0.2, 0.25) is 0 Å². The van der Waals surface area contributed by atoms with E-state index >= 15 is 0 Å². The quantitative estimate of drug-likeness (QED) is 0.754. The van der Waals surface area contributed by atoms with E-state index in [9.17, 15) is 13.6 Å². The normalized spacial score (nSPS) is 21.5. The van der Waals surface area contributed by atoms with E-state index in [0.29, 0.717) is 31.1 Å². The number of carbonyl (C=O) groups excluding carboxylic acids is 1. The summed E-state index contributed by atoms with van der Waals surface area (Å²) in [6.45, 7) is 2.99. The van der Waals surface area contributed by atoms with Crippen LogP contribution in [-0.4, -0.2) is 59.9 Å². The summed E-state index contributed by atoms with van der Waals surface area (Å²) >= 11 is 0. The number of benzene rings is 1. The lowest BCUT2D eigenvalue weighted by molar-refractivity contribution is -0.134. The van der Waals surface area contributed by atoms with Crippen molar-refractivity contribution < 1.29 is 23.0 Å². The van der Waals surface area contributed by atoms with Crippen LogP contribution >= 0.6 is 0 Å².